The average Bonchev–Trinajstić information content (AvgIpc) is 2.64. The number of ether oxygens (including phenoxy) is 1. The number of benzene rings is 2. The Balaban J connectivity index is 1.96. The lowest BCUT2D eigenvalue weighted by molar-refractivity contribution is -0.144. The SMILES string of the molecule is CCOC(=O)CN(CCC(=O)Nc1ccc(Br)cc1F)Cc1ccc(F)cc1. The molecule has 1 amide bonds. The van der Waals surface area contributed by atoms with Gasteiger partial charge in [-0.1, -0.05) is 28.1 Å². The van der Waals surface area contributed by atoms with Crippen molar-refractivity contribution in [2.75, 3.05) is 25.0 Å². The van der Waals surface area contributed by atoms with Crippen LogP contribution < -0.4 is 5.32 Å². The first-order chi connectivity index (χ1) is 13.4. The van der Waals surface area contributed by atoms with Gasteiger partial charge in [0.05, 0.1) is 18.8 Å². The Hall–Kier alpha value is -2.32. The topological polar surface area (TPSA) is 58.6 Å². The molecule has 0 atom stereocenters. The molecule has 2 aromatic carbocycles. The lowest BCUT2D eigenvalue weighted by atomic mass is 10.2. The fourth-order valence-corrected chi connectivity index (χ4v) is 2.85. The number of hydrogen-bond acceptors (Lipinski definition) is 4. The highest BCUT2D eigenvalue weighted by atomic mass is 79.9. The third kappa shape index (κ3) is 7.36. The van der Waals surface area contributed by atoms with Gasteiger partial charge in [0.25, 0.3) is 0 Å². The lowest BCUT2D eigenvalue weighted by Crippen LogP contribution is -2.33. The first-order valence-corrected chi connectivity index (χ1v) is 9.54. The van der Waals surface area contributed by atoms with Crippen molar-refractivity contribution in [1.82, 2.24) is 4.90 Å². The predicted octanol–water partition coefficient (Wildman–Crippen LogP) is 4.12. The Morgan fingerprint density at radius 2 is 1.86 bits per heavy atom. The van der Waals surface area contributed by atoms with Gasteiger partial charge in [0, 0.05) is 24.0 Å². The second-order valence-corrected chi connectivity index (χ2v) is 6.98. The van der Waals surface area contributed by atoms with E-state index in [0.29, 0.717) is 11.0 Å². The van der Waals surface area contributed by atoms with Crippen molar-refractivity contribution >= 4 is 33.5 Å². The van der Waals surface area contributed by atoms with Crippen molar-refractivity contribution in [3.8, 4) is 0 Å². The quantitative estimate of drug-likeness (QED) is 0.578. The summed E-state index contributed by atoms with van der Waals surface area (Å²) >= 11 is 3.16. The number of esters is 1. The van der Waals surface area contributed by atoms with Gasteiger partial charge in [-0.15, -0.1) is 0 Å². The molecule has 0 saturated carbocycles. The van der Waals surface area contributed by atoms with Crippen LogP contribution in [0.2, 0.25) is 0 Å². The minimum Gasteiger partial charge on any atom is -0.465 e. The van der Waals surface area contributed by atoms with E-state index in [1.807, 2.05) is 0 Å². The monoisotopic (exact) mass is 454 g/mol. The molecule has 0 aliphatic rings. The minimum atomic E-state index is -0.544. The van der Waals surface area contributed by atoms with Gasteiger partial charge in [-0.25, -0.2) is 8.78 Å². The number of halogens is 3. The standard InChI is InChI=1S/C20H21BrF2N2O3/c1-2-28-20(27)13-25(12-14-3-6-16(22)7-4-14)10-9-19(26)24-18-8-5-15(21)11-17(18)23/h3-8,11H,2,9-10,12-13H2,1H3,(H,24,26). The van der Waals surface area contributed by atoms with E-state index < -0.39 is 11.8 Å². The highest BCUT2D eigenvalue weighted by Gasteiger charge is 2.15. The normalized spacial score (nSPS) is 10.8. The number of carbonyl (C=O) groups is 2. The van der Waals surface area contributed by atoms with E-state index in [-0.39, 0.29) is 43.5 Å². The predicted molar refractivity (Wildman–Crippen MR) is 106 cm³/mol. The maximum absolute atomic E-state index is 13.8. The lowest BCUT2D eigenvalue weighted by Gasteiger charge is -2.21. The van der Waals surface area contributed by atoms with Crippen LogP contribution in [0.3, 0.4) is 0 Å². The van der Waals surface area contributed by atoms with Gasteiger partial charge in [-0.05, 0) is 42.8 Å². The van der Waals surface area contributed by atoms with Gasteiger partial charge in [-0.3, -0.25) is 14.5 Å². The van der Waals surface area contributed by atoms with Gasteiger partial charge in [0.15, 0.2) is 0 Å². The number of nitrogens with one attached hydrogen (secondary N) is 1. The Bertz CT molecular complexity index is 816. The maximum Gasteiger partial charge on any atom is 0.320 e. The Labute approximate surface area is 170 Å². The van der Waals surface area contributed by atoms with Crippen molar-refractivity contribution in [3.63, 3.8) is 0 Å². The second-order valence-electron chi connectivity index (χ2n) is 6.06. The molecule has 0 bridgehead atoms. The summed E-state index contributed by atoms with van der Waals surface area (Å²) in [5, 5.41) is 2.52. The molecule has 8 heteroatoms. The van der Waals surface area contributed by atoms with E-state index in [2.05, 4.69) is 21.2 Å². The third-order valence-corrected chi connectivity index (χ3v) is 4.33. The van der Waals surface area contributed by atoms with Crippen molar-refractivity contribution in [3.05, 3.63) is 64.1 Å². The summed E-state index contributed by atoms with van der Waals surface area (Å²) in [6.45, 7) is 2.55. The Morgan fingerprint density at radius 3 is 2.50 bits per heavy atom. The molecule has 1 N–H and O–H groups in total. The van der Waals surface area contributed by atoms with E-state index in [1.165, 1.54) is 24.3 Å². The summed E-state index contributed by atoms with van der Waals surface area (Å²) in [5.41, 5.74) is 0.883. The molecule has 0 aromatic heterocycles. The highest BCUT2D eigenvalue weighted by molar-refractivity contribution is 9.10. The molecule has 0 fully saturated rings. The summed E-state index contributed by atoms with van der Waals surface area (Å²) in [6.07, 6.45) is 0.0517. The summed E-state index contributed by atoms with van der Waals surface area (Å²) in [5.74, 6) is -1.69. The smallest absolute Gasteiger partial charge is 0.320 e. The van der Waals surface area contributed by atoms with E-state index in [0.717, 1.165) is 5.56 Å². The number of nitrogens with zero attached hydrogens (tertiary/aromatic N) is 1. The van der Waals surface area contributed by atoms with Crippen LogP contribution in [0.1, 0.15) is 18.9 Å². The van der Waals surface area contributed by atoms with Crippen molar-refractivity contribution in [2.24, 2.45) is 0 Å². The molecule has 0 heterocycles. The summed E-state index contributed by atoms with van der Waals surface area (Å²) in [4.78, 5) is 25.7. The molecule has 0 aliphatic carbocycles. The summed E-state index contributed by atoms with van der Waals surface area (Å²) in [7, 11) is 0. The van der Waals surface area contributed by atoms with E-state index in [4.69, 9.17) is 4.74 Å². The van der Waals surface area contributed by atoms with Crippen molar-refractivity contribution in [1.29, 1.82) is 0 Å². The molecule has 2 rings (SSSR count). The van der Waals surface area contributed by atoms with Crippen LogP contribution in [0, 0.1) is 11.6 Å². The van der Waals surface area contributed by atoms with Crippen LogP contribution in [0.25, 0.3) is 0 Å². The van der Waals surface area contributed by atoms with Gasteiger partial charge in [-0.2, -0.15) is 0 Å². The number of rotatable bonds is 9. The molecule has 2 aromatic rings. The number of hydrogen-bond donors (Lipinski definition) is 1. The molecule has 0 radical (unpaired) electrons. The molecule has 150 valence electrons. The molecule has 5 nitrogen and oxygen atoms in total. The number of carbonyl (C=O) groups excluding carboxylic acids is 2. The molecule has 0 aliphatic heterocycles. The van der Waals surface area contributed by atoms with Gasteiger partial charge >= 0.3 is 5.97 Å². The van der Waals surface area contributed by atoms with Crippen LogP contribution >= 0.6 is 15.9 Å². The van der Waals surface area contributed by atoms with Crippen LogP contribution in [-0.2, 0) is 20.9 Å². The van der Waals surface area contributed by atoms with Gasteiger partial charge in [0.2, 0.25) is 5.91 Å². The second kappa shape index (κ2) is 10.9. The molecule has 0 spiro atoms. The third-order valence-electron chi connectivity index (χ3n) is 3.84. The first kappa shape index (κ1) is 22.0. The van der Waals surface area contributed by atoms with E-state index in [1.54, 1.807) is 30.0 Å². The fraction of sp³-hybridized carbons (Fsp3) is 0.300. The zero-order valence-electron chi connectivity index (χ0n) is 15.4. The molecule has 28 heavy (non-hydrogen) atoms. The zero-order valence-corrected chi connectivity index (χ0v) is 17.0. The van der Waals surface area contributed by atoms with Crippen LogP contribution in [0.4, 0.5) is 14.5 Å². The summed E-state index contributed by atoms with van der Waals surface area (Å²) < 4.78 is 32.5. The van der Waals surface area contributed by atoms with Gasteiger partial charge < -0.3 is 10.1 Å². The molecule has 0 unspecified atom stereocenters. The summed E-state index contributed by atoms with van der Waals surface area (Å²) in [6, 6.07) is 10.3. The highest BCUT2D eigenvalue weighted by Crippen LogP contribution is 2.19. The van der Waals surface area contributed by atoms with E-state index >= 15 is 0 Å². The molecule has 0 saturated heterocycles. The van der Waals surface area contributed by atoms with Crippen LogP contribution in [-0.4, -0.2) is 36.5 Å². The first-order valence-electron chi connectivity index (χ1n) is 8.74. The van der Waals surface area contributed by atoms with Crippen LogP contribution in [0.15, 0.2) is 46.9 Å². The van der Waals surface area contributed by atoms with E-state index in [9.17, 15) is 18.4 Å². The largest absolute Gasteiger partial charge is 0.465 e. The van der Waals surface area contributed by atoms with Gasteiger partial charge in [0.1, 0.15) is 11.6 Å². The molecular weight excluding hydrogens is 434 g/mol. The maximum atomic E-state index is 13.8. The molecular formula is C20H21BrF2N2O3. The minimum absolute atomic E-state index is 0.00879. The number of amides is 1. The van der Waals surface area contributed by atoms with Crippen molar-refractivity contribution in [2.45, 2.75) is 19.9 Å². The Morgan fingerprint density at radius 1 is 1.14 bits per heavy atom. The fourth-order valence-electron chi connectivity index (χ4n) is 2.51. The van der Waals surface area contributed by atoms with Crippen LogP contribution in [0.5, 0.6) is 0 Å². The average molecular weight is 455 g/mol. The van der Waals surface area contributed by atoms with Crippen molar-refractivity contribution < 1.29 is 23.1 Å². The number of anilines is 1. The zero-order chi connectivity index (χ0) is 20.5. The Kier molecular flexibility index (Phi) is 8.53.